The number of carbonyl (C=O) groups excluding carboxylic acids is 2. The van der Waals surface area contributed by atoms with E-state index >= 15 is 0 Å². The van der Waals surface area contributed by atoms with Crippen molar-refractivity contribution in [3.05, 3.63) is 0 Å². The van der Waals surface area contributed by atoms with Crippen molar-refractivity contribution in [2.45, 2.75) is 38.8 Å². The van der Waals surface area contributed by atoms with Crippen molar-refractivity contribution in [1.82, 2.24) is 9.80 Å². The maximum absolute atomic E-state index is 12.0. The molecule has 0 bridgehead atoms. The molecule has 3 fully saturated rings. The molecule has 0 aromatic heterocycles. The van der Waals surface area contributed by atoms with E-state index in [0.29, 0.717) is 49.9 Å². The van der Waals surface area contributed by atoms with Gasteiger partial charge in [-0.1, -0.05) is 0 Å². The molecule has 0 radical (unpaired) electrons. The van der Waals surface area contributed by atoms with Crippen LogP contribution in [-0.2, 0) is 9.53 Å². The van der Waals surface area contributed by atoms with Gasteiger partial charge in [0.15, 0.2) is 0 Å². The van der Waals surface area contributed by atoms with Crippen LogP contribution in [-0.4, -0.2) is 59.6 Å². The van der Waals surface area contributed by atoms with Gasteiger partial charge in [-0.2, -0.15) is 0 Å². The fraction of sp³-hybridized carbons (Fsp3) is 0.867. The van der Waals surface area contributed by atoms with Crippen molar-refractivity contribution in [3.8, 4) is 0 Å². The zero-order valence-corrected chi connectivity index (χ0v) is 13.0. The van der Waals surface area contributed by atoms with E-state index in [1.54, 1.807) is 4.90 Å². The Kier molecular flexibility index (Phi) is 3.39. The molecule has 0 aromatic rings. The van der Waals surface area contributed by atoms with E-state index < -0.39 is 5.60 Å². The largest absolute Gasteiger partial charge is 0.444 e. The number of piperidine rings is 1. The van der Waals surface area contributed by atoms with Crippen LogP contribution in [0, 0.1) is 17.8 Å². The fourth-order valence-electron chi connectivity index (χ4n) is 3.69. The summed E-state index contributed by atoms with van der Waals surface area (Å²) in [6.07, 6.45) is 0.350. The van der Waals surface area contributed by atoms with Gasteiger partial charge >= 0.3 is 6.09 Å². The van der Waals surface area contributed by atoms with Crippen LogP contribution >= 0.6 is 0 Å². The molecular weight excluding hydrogens is 270 g/mol. The lowest BCUT2D eigenvalue weighted by molar-refractivity contribution is -0.128. The molecule has 6 nitrogen and oxygen atoms in total. The molecule has 0 aromatic carbocycles. The summed E-state index contributed by atoms with van der Waals surface area (Å²) < 4.78 is 5.40. The van der Waals surface area contributed by atoms with Crippen LogP contribution in [0.2, 0.25) is 0 Å². The Hall–Kier alpha value is -1.30. The van der Waals surface area contributed by atoms with Crippen molar-refractivity contribution in [2.75, 3.05) is 26.2 Å². The zero-order chi connectivity index (χ0) is 15.4. The van der Waals surface area contributed by atoms with Crippen molar-refractivity contribution in [3.63, 3.8) is 0 Å². The predicted molar refractivity (Wildman–Crippen MR) is 77.4 cm³/mol. The van der Waals surface area contributed by atoms with Gasteiger partial charge in [-0.25, -0.2) is 4.79 Å². The number of hydrogen-bond donors (Lipinski definition) is 1. The van der Waals surface area contributed by atoms with Crippen LogP contribution in [0.4, 0.5) is 4.79 Å². The number of hydrogen-bond acceptors (Lipinski definition) is 4. The molecule has 1 aliphatic carbocycles. The number of nitrogens with zero attached hydrogens (tertiary/aromatic N) is 2. The average molecular weight is 295 g/mol. The molecule has 2 amide bonds. The first kappa shape index (κ1) is 14.6. The van der Waals surface area contributed by atoms with Crippen LogP contribution in [0.1, 0.15) is 27.2 Å². The molecule has 118 valence electrons. The molecule has 2 N–H and O–H groups in total. The highest BCUT2D eigenvalue weighted by Gasteiger charge is 2.61. The van der Waals surface area contributed by atoms with E-state index in [1.165, 1.54) is 0 Å². The number of amides is 2. The lowest BCUT2D eigenvalue weighted by Crippen LogP contribution is -2.40. The Labute approximate surface area is 125 Å². The Morgan fingerprint density at radius 2 is 1.90 bits per heavy atom. The highest BCUT2D eigenvalue weighted by molar-refractivity contribution is 5.79. The number of carbonyl (C=O) groups is 2. The first-order valence-corrected chi connectivity index (χ1v) is 7.77. The molecule has 2 heterocycles. The minimum absolute atomic E-state index is 0.230. The SMILES string of the molecule is CC(C)(C)OC(=O)N1C[C@@H]2C(N3CC(CN)CC3=O)[C@@H]2C1. The molecule has 21 heavy (non-hydrogen) atoms. The van der Waals surface area contributed by atoms with Crippen LogP contribution in [0.3, 0.4) is 0 Å². The highest BCUT2D eigenvalue weighted by Crippen LogP contribution is 2.50. The first-order chi connectivity index (χ1) is 9.80. The number of rotatable bonds is 2. The Morgan fingerprint density at radius 1 is 1.29 bits per heavy atom. The van der Waals surface area contributed by atoms with Crippen molar-refractivity contribution >= 4 is 12.0 Å². The van der Waals surface area contributed by atoms with E-state index in [2.05, 4.69) is 0 Å². The summed E-state index contributed by atoms with van der Waals surface area (Å²) in [4.78, 5) is 27.8. The van der Waals surface area contributed by atoms with Crippen LogP contribution < -0.4 is 5.73 Å². The third-order valence-electron chi connectivity index (χ3n) is 4.73. The molecule has 2 saturated heterocycles. The highest BCUT2D eigenvalue weighted by atomic mass is 16.6. The van der Waals surface area contributed by atoms with Gasteiger partial charge in [-0.3, -0.25) is 4.79 Å². The Balaban J connectivity index is 1.53. The average Bonchev–Trinajstić information content (AvgIpc) is 2.76. The molecule has 1 saturated carbocycles. The molecule has 3 aliphatic rings. The van der Waals surface area contributed by atoms with E-state index in [0.717, 1.165) is 6.54 Å². The molecule has 0 spiro atoms. The summed E-state index contributed by atoms with van der Waals surface area (Å²) in [7, 11) is 0. The Bertz CT molecular complexity index is 448. The maximum Gasteiger partial charge on any atom is 0.410 e. The van der Waals surface area contributed by atoms with Gasteiger partial charge in [0.2, 0.25) is 5.91 Å². The van der Waals surface area contributed by atoms with Gasteiger partial charge in [-0.15, -0.1) is 0 Å². The van der Waals surface area contributed by atoms with Crippen molar-refractivity contribution < 1.29 is 14.3 Å². The molecule has 2 aliphatic heterocycles. The summed E-state index contributed by atoms with van der Waals surface area (Å²) in [5, 5.41) is 0. The quantitative estimate of drug-likeness (QED) is 0.812. The molecule has 3 rings (SSSR count). The number of fused-ring (bicyclic) bond motifs is 1. The smallest absolute Gasteiger partial charge is 0.410 e. The number of likely N-dealkylation sites (tertiary alicyclic amines) is 2. The summed E-state index contributed by atoms with van der Waals surface area (Å²) in [6, 6.07) is 0.327. The van der Waals surface area contributed by atoms with Crippen molar-refractivity contribution in [2.24, 2.45) is 23.5 Å². The lowest BCUT2D eigenvalue weighted by atomic mass is 10.1. The summed E-state index contributed by atoms with van der Waals surface area (Å²) in [6.45, 7) is 8.41. The standard InChI is InChI=1S/C15H25N3O3/c1-15(2,3)21-14(20)17-7-10-11(8-17)13(10)18-6-9(5-16)4-12(18)19/h9-11,13H,4-8,16H2,1-3H3/t9?,10-,11+,13?. The van der Waals surface area contributed by atoms with Gasteiger partial charge in [-0.05, 0) is 33.2 Å². The van der Waals surface area contributed by atoms with E-state index in [9.17, 15) is 9.59 Å². The second kappa shape index (κ2) is 4.87. The normalized spacial score (nSPS) is 35.1. The molecule has 6 heteroatoms. The number of nitrogens with two attached hydrogens (primary N) is 1. The van der Waals surface area contributed by atoms with Gasteiger partial charge in [0.25, 0.3) is 0 Å². The minimum atomic E-state index is -0.456. The maximum atomic E-state index is 12.0. The Morgan fingerprint density at radius 3 is 2.38 bits per heavy atom. The topological polar surface area (TPSA) is 75.9 Å². The molecular formula is C15H25N3O3. The molecule has 2 unspecified atom stereocenters. The van der Waals surface area contributed by atoms with Gasteiger partial charge in [0.1, 0.15) is 5.60 Å². The lowest BCUT2D eigenvalue weighted by Gasteiger charge is -2.27. The predicted octanol–water partition coefficient (Wildman–Crippen LogP) is 0.659. The fourth-order valence-corrected chi connectivity index (χ4v) is 3.69. The monoisotopic (exact) mass is 295 g/mol. The van der Waals surface area contributed by atoms with E-state index in [4.69, 9.17) is 10.5 Å². The second-order valence-corrected chi connectivity index (χ2v) is 7.56. The van der Waals surface area contributed by atoms with Gasteiger partial charge in [0.05, 0.1) is 0 Å². The summed E-state index contributed by atoms with van der Waals surface area (Å²) >= 11 is 0. The third kappa shape index (κ3) is 2.73. The summed E-state index contributed by atoms with van der Waals surface area (Å²) in [5.41, 5.74) is 5.21. The van der Waals surface area contributed by atoms with Crippen LogP contribution in [0.15, 0.2) is 0 Å². The first-order valence-electron chi connectivity index (χ1n) is 7.77. The summed E-state index contributed by atoms with van der Waals surface area (Å²) in [5.74, 6) is 1.39. The van der Waals surface area contributed by atoms with Crippen molar-refractivity contribution in [1.29, 1.82) is 0 Å². The van der Waals surface area contributed by atoms with Crippen LogP contribution in [0.5, 0.6) is 0 Å². The van der Waals surface area contributed by atoms with E-state index in [1.807, 2.05) is 25.7 Å². The van der Waals surface area contributed by atoms with Gasteiger partial charge < -0.3 is 20.3 Å². The third-order valence-corrected chi connectivity index (χ3v) is 4.73. The minimum Gasteiger partial charge on any atom is -0.444 e. The zero-order valence-electron chi connectivity index (χ0n) is 13.0. The van der Waals surface area contributed by atoms with Crippen LogP contribution in [0.25, 0.3) is 0 Å². The van der Waals surface area contributed by atoms with E-state index in [-0.39, 0.29) is 12.0 Å². The molecule has 4 atom stereocenters. The second-order valence-electron chi connectivity index (χ2n) is 7.56. The number of ether oxygens (including phenoxy) is 1. The van der Waals surface area contributed by atoms with Gasteiger partial charge in [0, 0.05) is 43.9 Å².